The molecular weight excluding hydrogens is 668 g/mol. The first-order valence-electron chi connectivity index (χ1n) is 12.9. The summed E-state index contributed by atoms with van der Waals surface area (Å²) in [4.78, 5) is 8.39. The zero-order valence-corrected chi connectivity index (χ0v) is 25.6. The molecular formula is C28H27ClF3IN8. The topological polar surface area (TPSA) is 104 Å². The van der Waals surface area contributed by atoms with Crippen LogP contribution >= 0.6 is 34.2 Å². The maximum atomic E-state index is 14.0. The number of nitrogens with zero attached hydrogens (tertiary/aromatic N) is 6. The van der Waals surface area contributed by atoms with Crippen molar-refractivity contribution in [2.45, 2.75) is 58.5 Å². The molecule has 0 unspecified atom stereocenters. The summed E-state index contributed by atoms with van der Waals surface area (Å²) in [7, 11) is 0. The molecule has 8 nitrogen and oxygen atoms in total. The van der Waals surface area contributed by atoms with Gasteiger partial charge in [0.05, 0.1) is 21.8 Å². The second kappa shape index (κ2) is 10.9. The molecule has 0 aliphatic heterocycles. The Morgan fingerprint density at radius 3 is 2.59 bits per heavy atom. The van der Waals surface area contributed by atoms with Crippen LogP contribution in [0.5, 0.6) is 0 Å². The van der Waals surface area contributed by atoms with Crippen molar-refractivity contribution in [3.05, 3.63) is 67.6 Å². The number of rotatable bonds is 8. The summed E-state index contributed by atoms with van der Waals surface area (Å²) in [6, 6.07) is 7.79. The van der Waals surface area contributed by atoms with Gasteiger partial charge in [0.1, 0.15) is 27.0 Å². The fourth-order valence-corrected chi connectivity index (χ4v) is 5.94. The molecule has 4 aromatic rings. The second-order valence-electron chi connectivity index (χ2n) is 11.4. The number of anilines is 2. The molecule has 1 aliphatic carbocycles. The third-order valence-corrected chi connectivity index (χ3v) is 8.36. The third-order valence-electron chi connectivity index (χ3n) is 7.06. The Kier molecular flexibility index (Phi) is 7.80. The summed E-state index contributed by atoms with van der Waals surface area (Å²) in [6.45, 7) is 8.48. The van der Waals surface area contributed by atoms with Crippen LogP contribution in [0.15, 0.2) is 30.5 Å². The molecule has 0 saturated heterocycles. The molecule has 0 radical (unpaired) electrons. The highest BCUT2D eigenvalue weighted by Crippen LogP contribution is 2.49. The first-order valence-corrected chi connectivity index (χ1v) is 14.4. The van der Waals surface area contributed by atoms with Crippen LogP contribution in [0, 0.1) is 33.3 Å². The quantitative estimate of drug-likeness (QED) is 0.148. The number of halogens is 5. The molecule has 1 saturated carbocycles. The predicted octanol–water partition coefficient (Wildman–Crippen LogP) is 7.21. The van der Waals surface area contributed by atoms with Crippen LogP contribution in [0.3, 0.4) is 0 Å². The van der Waals surface area contributed by atoms with Crippen LogP contribution in [-0.4, -0.2) is 37.9 Å². The maximum Gasteiger partial charge on any atom is 0.263 e. The van der Waals surface area contributed by atoms with E-state index in [2.05, 4.69) is 57.8 Å². The fraction of sp³-hybridized carbons (Fsp3) is 0.393. The van der Waals surface area contributed by atoms with Gasteiger partial charge < -0.3 is 10.6 Å². The number of alkyl halides is 2. The fourth-order valence-electron chi connectivity index (χ4n) is 4.67. The van der Waals surface area contributed by atoms with E-state index in [9.17, 15) is 18.4 Å². The number of aromatic nitrogens is 5. The number of benzene rings is 1. The Morgan fingerprint density at radius 1 is 1.24 bits per heavy atom. The van der Waals surface area contributed by atoms with Crippen LogP contribution < -0.4 is 10.6 Å². The average molecular weight is 695 g/mol. The summed E-state index contributed by atoms with van der Waals surface area (Å²) in [5.41, 5.74) is 1.96. The zero-order chi connectivity index (χ0) is 29.7. The van der Waals surface area contributed by atoms with E-state index in [0.29, 0.717) is 72.9 Å². The van der Waals surface area contributed by atoms with E-state index in [1.165, 1.54) is 16.9 Å². The van der Waals surface area contributed by atoms with E-state index in [4.69, 9.17) is 11.6 Å². The van der Waals surface area contributed by atoms with Crippen LogP contribution in [0.1, 0.15) is 62.2 Å². The normalized spacial score (nSPS) is 15.1. The van der Waals surface area contributed by atoms with Gasteiger partial charge in [-0.1, -0.05) is 43.7 Å². The monoisotopic (exact) mass is 694 g/mol. The molecule has 41 heavy (non-hydrogen) atoms. The Balaban J connectivity index is 1.64. The van der Waals surface area contributed by atoms with E-state index >= 15 is 0 Å². The lowest BCUT2D eigenvalue weighted by Crippen LogP contribution is -2.28. The van der Waals surface area contributed by atoms with E-state index in [-0.39, 0.29) is 5.41 Å². The van der Waals surface area contributed by atoms with Gasteiger partial charge in [0.25, 0.3) is 6.43 Å². The molecule has 1 fully saturated rings. The van der Waals surface area contributed by atoms with E-state index in [1.54, 1.807) is 19.1 Å². The SMILES string of the molecule is Cc1nc(F)ccc1[C@H](Nc1cc(Cl)c2ncc(C#N)c(NCC(C)(C)C)c2c1)c1nnn(C2(C(F)F)CC2)c1I. The van der Waals surface area contributed by atoms with Crippen molar-refractivity contribution >= 4 is 56.5 Å². The molecule has 214 valence electrons. The lowest BCUT2D eigenvalue weighted by molar-refractivity contribution is 0.0578. The molecule has 1 atom stereocenters. The van der Waals surface area contributed by atoms with Gasteiger partial charge in [-0.15, -0.1) is 5.10 Å². The van der Waals surface area contributed by atoms with Gasteiger partial charge in [0.15, 0.2) is 0 Å². The lowest BCUT2D eigenvalue weighted by atomic mass is 9.96. The number of nitrogens with one attached hydrogen (secondary N) is 2. The van der Waals surface area contributed by atoms with Gasteiger partial charge in [-0.05, 0) is 66.0 Å². The average Bonchev–Trinajstić information content (AvgIpc) is 3.62. The lowest BCUT2D eigenvalue weighted by Gasteiger charge is -2.23. The highest BCUT2D eigenvalue weighted by Gasteiger charge is 2.55. The van der Waals surface area contributed by atoms with Crippen molar-refractivity contribution in [2.24, 2.45) is 5.41 Å². The van der Waals surface area contributed by atoms with Crippen molar-refractivity contribution < 1.29 is 13.2 Å². The molecule has 3 heterocycles. The summed E-state index contributed by atoms with van der Waals surface area (Å²) < 4.78 is 43.6. The van der Waals surface area contributed by atoms with Crippen LogP contribution in [0.4, 0.5) is 24.5 Å². The standard InChI is InChI=1S/C28H27ClF3IN8/c1-14-17(5-6-20(30)37-14)23(24-25(33)41(40-39-24)28(7-8-28)26(31)32)38-16-9-18-21(36-13-27(2,3)4)15(11-34)12-35-22(18)19(29)10-16/h5-6,9-10,12,23,26,38H,7-8,13H2,1-4H3,(H,35,36)/t23-/m0/s1. The molecule has 2 N–H and O–H groups in total. The van der Waals surface area contributed by atoms with Gasteiger partial charge in [0, 0.05) is 35.1 Å². The van der Waals surface area contributed by atoms with E-state index < -0.39 is 24.0 Å². The van der Waals surface area contributed by atoms with Crippen molar-refractivity contribution in [1.29, 1.82) is 5.26 Å². The summed E-state index contributed by atoms with van der Waals surface area (Å²) >= 11 is 8.67. The van der Waals surface area contributed by atoms with Crippen LogP contribution in [0.2, 0.25) is 5.02 Å². The number of hydrogen-bond donors (Lipinski definition) is 2. The largest absolute Gasteiger partial charge is 0.383 e. The second-order valence-corrected chi connectivity index (χ2v) is 12.8. The molecule has 3 aromatic heterocycles. The zero-order valence-electron chi connectivity index (χ0n) is 22.7. The Bertz CT molecular complexity index is 1670. The third kappa shape index (κ3) is 5.66. The molecule has 1 aromatic carbocycles. The molecule has 0 amide bonds. The van der Waals surface area contributed by atoms with Gasteiger partial charge in [-0.3, -0.25) is 4.98 Å². The van der Waals surface area contributed by atoms with Gasteiger partial charge in [-0.2, -0.15) is 9.65 Å². The molecule has 13 heteroatoms. The number of hydrogen-bond acceptors (Lipinski definition) is 7. The summed E-state index contributed by atoms with van der Waals surface area (Å²) in [5, 5.41) is 26.0. The number of pyridine rings is 2. The number of nitriles is 1. The summed E-state index contributed by atoms with van der Waals surface area (Å²) in [6.07, 6.45) is -0.499. The van der Waals surface area contributed by atoms with Crippen molar-refractivity contribution in [3.63, 3.8) is 0 Å². The summed E-state index contributed by atoms with van der Waals surface area (Å²) in [5.74, 6) is -0.642. The first-order chi connectivity index (χ1) is 19.3. The van der Waals surface area contributed by atoms with Crippen LogP contribution in [0.25, 0.3) is 10.9 Å². The Hall–Kier alpha value is -3.18. The van der Waals surface area contributed by atoms with Gasteiger partial charge >= 0.3 is 0 Å². The van der Waals surface area contributed by atoms with Crippen molar-refractivity contribution in [2.75, 3.05) is 17.2 Å². The highest BCUT2D eigenvalue weighted by atomic mass is 127. The molecule has 0 bridgehead atoms. The van der Waals surface area contributed by atoms with Crippen LogP contribution in [-0.2, 0) is 5.54 Å². The van der Waals surface area contributed by atoms with Crippen molar-refractivity contribution in [3.8, 4) is 6.07 Å². The highest BCUT2D eigenvalue weighted by molar-refractivity contribution is 14.1. The first kappa shape index (κ1) is 29.3. The number of aryl methyl sites for hydroxylation is 1. The smallest absolute Gasteiger partial charge is 0.263 e. The molecule has 0 spiro atoms. The van der Waals surface area contributed by atoms with Gasteiger partial charge in [0.2, 0.25) is 5.95 Å². The minimum atomic E-state index is -2.59. The van der Waals surface area contributed by atoms with Gasteiger partial charge in [-0.25, -0.2) is 18.4 Å². The predicted molar refractivity (Wildman–Crippen MR) is 160 cm³/mol. The Morgan fingerprint density at radius 2 is 1.98 bits per heavy atom. The minimum Gasteiger partial charge on any atom is -0.383 e. The molecule has 1 aliphatic rings. The number of fused-ring (bicyclic) bond motifs is 1. The van der Waals surface area contributed by atoms with E-state index in [0.717, 1.165) is 0 Å². The molecule has 5 rings (SSSR count). The maximum absolute atomic E-state index is 14.0. The van der Waals surface area contributed by atoms with Crippen molar-refractivity contribution in [1.82, 2.24) is 25.0 Å². The van der Waals surface area contributed by atoms with E-state index in [1.807, 2.05) is 28.7 Å². The Labute approximate surface area is 253 Å². The minimum absolute atomic E-state index is 0.0696.